The van der Waals surface area contributed by atoms with Crippen molar-refractivity contribution in [1.29, 1.82) is 0 Å². The maximum Gasteiger partial charge on any atom is 0.238 e. The number of primary sulfonamides is 1. The van der Waals surface area contributed by atoms with Gasteiger partial charge in [0.25, 0.3) is 0 Å². The minimum absolute atomic E-state index is 0.0888. The molecular weight excluding hydrogens is 492 g/mol. The summed E-state index contributed by atoms with van der Waals surface area (Å²) in [5.41, 5.74) is 3.35. The molecule has 0 amide bonds. The zero-order valence-corrected chi connectivity index (χ0v) is 20.2. The lowest BCUT2D eigenvalue weighted by atomic mass is 10.1. The predicted molar refractivity (Wildman–Crippen MR) is 140 cm³/mol. The van der Waals surface area contributed by atoms with Crippen LogP contribution in [0.2, 0.25) is 5.02 Å². The first-order valence-electron chi connectivity index (χ1n) is 10.2. The monoisotopic (exact) mass is 512 g/mol. The molecule has 0 unspecified atom stereocenters. The van der Waals surface area contributed by atoms with Crippen molar-refractivity contribution >= 4 is 67.1 Å². The summed E-state index contributed by atoms with van der Waals surface area (Å²) in [6.07, 6.45) is 2.16. The number of anilines is 3. The van der Waals surface area contributed by atoms with Crippen LogP contribution in [0.3, 0.4) is 0 Å². The second kappa shape index (κ2) is 10.3. The number of hydrogen-bond donors (Lipinski definition) is 4. The molecule has 0 spiro atoms. The SMILES string of the molecule is NS(=O)(=O)c1ccc(CCNC(=S)Nc2ccc3ncnc(Nc4cccc(Cl)c4)c3c2)cc1. The lowest BCUT2D eigenvalue weighted by molar-refractivity contribution is 0.598. The van der Waals surface area contributed by atoms with Gasteiger partial charge in [0, 0.05) is 28.3 Å². The van der Waals surface area contributed by atoms with E-state index in [1.165, 1.54) is 18.5 Å². The number of halogens is 1. The van der Waals surface area contributed by atoms with Gasteiger partial charge in [-0.25, -0.2) is 23.5 Å². The largest absolute Gasteiger partial charge is 0.362 e. The molecule has 34 heavy (non-hydrogen) atoms. The molecule has 4 aromatic rings. The van der Waals surface area contributed by atoms with Crippen molar-refractivity contribution in [2.24, 2.45) is 5.14 Å². The number of hydrogen-bond acceptors (Lipinski definition) is 6. The molecule has 3 aromatic carbocycles. The molecular formula is C23H21ClN6O2S2. The Bertz CT molecular complexity index is 1450. The summed E-state index contributed by atoms with van der Waals surface area (Å²) in [7, 11) is -3.69. The van der Waals surface area contributed by atoms with Crippen LogP contribution in [0.1, 0.15) is 5.56 Å². The molecule has 0 aliphatic carbocycles. The highest BCUT2D eigenvalue weighted by Crippen LogP contribution is 2.26. The van der Waals surface area contributed by atoms with E-state index in [1.807, 2.05) is 36.4 Å². The zero-order valence-electron chi connectivity index (χ0n) is 17.8. The predicted octanol–water partition coefficient (Wildman–Crippen LogP) is 4.20. The van der Waals surface area contributed by atoms with Gasteiger partial charge in [-0.1, -0.05) is 29.8 Å². The fraction of sp³-hybridized carbons (Fsp3) is 0.0870. The van der Waals surface area contributed by atoms with E-state index < -0.39 is 10.0 Å². The fourth-order valence-electron chi connectivity index (χ4n) is 3.28. The first kappa shape index (κ1) is 23.8. The number of nitrogens with zero attached hydrogens (tertiary/aromatic N) is 2. The second-order valence-electron chi connectivity index (χ2n) is 7.41. The molecule has 0 aliphatic rings. The van der Waals surface area contributed by atoms with Crippen molar-refractivity contribution in [3.05, 3.63) is 83.6 Å². The smallest absolute Gasteiger partial charge is 0.238 e. The van der Waals surface area contributed by atoms with Crippen LogP contribution in [0, 0.1) is 0 Å². The van der Waals surface area contributed by atoms with Gasteiger partial charge in [-0.05, 0) is 72.7 Å². The van der Waals surface area contributed by atoms with Crippen LogP contribution in [0.25, 0.3) is 10.9 Å². The quantitative estimate of drug-likeness (QED) is 0.272. The highest BCUT2D eigenvalue weighted by atomic mass is 35.5. The number of benzene rings is 3. The summed E-state index contributed by atoms with van der Waals surface area (Å²) in [5.74, 6) is 0.651. The van der Waals surface area contributed by atoms with Crippen molar-refractivity contribution in [2.75, 3.05) is 17.2 Å². The Hall–Kier alpha value is -3.31. The number of nitrogens with two attached hydrogens (primary N) is 1. The average Bonchev–Trinajstić information content (AvgIpc) is 2.79. The molecule has 4 rings (SSSR count). The number of nitrogens with one attached hydrogen (secondary N) is 3. The fourth-order valence-corrected chi connectivity index (χ4v) is 4.20. The van der Waals surface area contributed by atoms with E-state index in [2.05, 4.69) is 25.9 Å². The van der Waals surface area contributed by atoms with Crippen LogP contribution < -0.4 is 21.1 Å². The van der Waals surface area contributed by atoms with Crippen LogP contribution in [0.4, 0.5) is 17.2 Å². The minimum Gasteiger partial charge on any atom is -0.362 e. The lowest BCUT2D eigenvalue weighted by Gasteiger charge is -2.13. The molecule has 0 aliphatic heterocycles. The Morgan fingerprint density at radius 3 is 2.53 bits per heavy atom. The average molecular weight is 513 g/mol. The molecule has 0 saturated heterocycles. The minimum atomic E-state index is -3.69. The van der Waals surface area contributed by atoms with Gasteiger partial charge in [-0.3, -0.25) is 0 Å². The normalized spacial score (nSPS) is 11.2. The maximum absolute atomic E-state index is 11.4. The van der Waals surface area contributed by atoms with E-state index in [9.17, 15) is 8.42 Å². The van der Waals surface area contributed by atoms with Crippen molar-refractivity contribution in [3.63, 3.8) is 0 Å². The number of rotatable bonds is 7. The summed E-state index contributed by atoms with van der Waals surface area (Å²) in [5, 5.41) is 16.6. The molecule has 0 atom stereocenters. The third kappa shape index (κ3) is 6.17. The van der Waals surface area contributed by atoms with Crippen LogP contribution in [-0.2, 0) is 16.4 Å². The number of aromatic nitrogens is 2. The number of thiocarbonyl (C=S) groups is 1. The number of fused-ring (bicyclic) bond motifs is 1. The molecule has 1 heterocycles. The van der Waals surface area contributed by atoms with Gasteiger partial charge in [0.15, 0.2) is 5.11 Å². The lowest BCUT2D eigenvalue weighted by Crippen LogP contribution is -2.30. The molecule has 5 N–H and O–H groups in total. The maximum atomic E-state index is 11.4. The molecule has 0 fully saturated rings. The molecule has 0 saturated carbocycles. The van der Waals surface area contributed by atoms with Gasteiger partial charge in [-0.15, -0.1) is 0 Å². The summed E-state index contributed by atoms with van der Waals surface area (Å²) in [6, 6.07) is 19.5. The van der Waals surface area contributed by atoms with Crippen LogP contribution >= 0.6 is 23.8 Å². The van der Waals surface area contributed by atoms with Gasteiger partial charge < -0.3 is 16.0 Å². The Morgan fingerprint density at radius 2 is 1.79 bits per heavy atom. The van der Waals surface area contributed by atoms with E-state index in [0.29, 0.717) is 28.9 Å². The highest BCUT2D eigenvalue weighted by Gasteiger charge is 2.08. The topological polar surface area (TPSA) is 122 Å². The molecule has 0 radical (unpaired) electrons. The summed E-state index contributed by atoms with van der Waals surface area (Å²) < 4.78 is 22.7. The molecule has 0 bridgehead atoms. The third-order valence-corrected chi connectivity index (χ3v) is 6.34. The Balaban J connectivity index is 1.39. The Labute approximate surface area is 207 Å². The van der Waals surface area contributed by atoms with Crippen molar-refractivity contribution in [3.8, 4) is 0 Å². The van der Waals surface area contributed by atoms with Gasteiger partial charge in [-0.2, -0.15) is 0 Å². The Kier molecular flexibility index (Phi) is 7.23. The summed E-state index contributed by atoms with van der Waals surface area (Å²) >= 11 is 11.5. The van der Waals surface area contributed by atoms with Gasteiger partial charge in [0.1, 0.15) is 12.1 Å². The molecule has 8 nitrogen and oxygen atoms in total. The van der Waals surface area contributed by atoms with Gasteiger partial charge >= 0.3 is 0 Å². The first-order chi connectivity index (χ1) is 16.3. The van der Waals surface area contributed by atoms with E-state index >= 15 is 0 Å². The van der Waals surface area contributed by atoms with Gasteiger partial charge in [0.2, 0.25) is 10.0 Å². The molecule has 1 aromatic heterocycles. The van der Waals surface area contributed by atoms with E-state index in [1.54, 1.807) is 18.2 Å². The number of sulfonamides is 1. The zero-order chi connectivity index (χ0) is 24.1. The summed E-state index contributed by atoms with van der Waals surface area (Å²) in [4.78, 5) is 8.79. The van der Waals surface area contributed by atoms with Crippen molar-refractivity contribution < 1.29 is 8.42 Å². The van der Waals surface area contributed by atoms with E-state index in [-0.39, 0.29) is 4.90 Å². The van der Waals surface area contributed by atoms with Crippen LogP contribution in [-0.4, -0.2) is 30.0 Å². The first-order valence-corrected chi connectivity index (χ1v) is 12.6. The van der Waals surface area contributed by atoms with Crippen molar-refractivity contribution in [1.82, 2.24) is 15.3 Å². The Morgan fingerprint density at radius 1 is 1.00 bits per heavy atom. The van der Waals surface area contributed by atoms with E-state index in [4.69, 9.17) is 29.0 Å². The third-order valence-electron chi connectivity index (χ3n) is 4.93. The summed E-state index contributed by atoms with van der Waals surface area (Å²) in [6.45, 7) is 0.568. The molecule has 174 valence electrons. The van der Waals surface area contributed by atoms with Gasteiger partial charge in [0.05, 0.1) is 10.4 Å². The highest BCUT2D eigenvalue weighted by molar-refractivity contribution is 7.89. The second-order valence-corrected chi connectivity index (χ2v) is 9.82. The van der Waals surface area contributed by atoms with Crippen LogP contribution in [0.15, 0.2) is 78.0 Å². The van der Waals surface area contributed by atoms with Crippen LogP contribution in [0.5, 0.6) is 0 Å². The van der Waals surface area contributed by atoms with Crippen molar-refractivity contribution in [2.45, 2.75) is 11.3 Å². The molecule has 11 heteroatoms. The van der Waals surface area contributed by atoms with E-state index in [0.717, 1.165) is 27.8 Å². The standard InChI is InChI=1S/C23H21ClN6O2S2/c24-16-2-1-3-17(12-16)29-22-20-13-18(6-9-21(20)27-14-28-22)30-23(33)26-11-10-15-4-7-19(8-5-15)34(25,31)32/h1-9,12-14H,10-11H2,(H2,25,31,32)(H2,26,30,33)(H,27,28,29).